The molecular formula is C16H24N2O. The van der Waals surface area contributed by atoms with Gasteiger partial charge < -0.3 is 10.4 Å². The largest absolute Gasteiger partial charge is 0.396 e. The highest BCUT2D eigenvalue weighted by Gasteiger charge is 2.18. The molecule has 0 fully saturated rings. The van der Waals surface area contributed by atoms with Crippen LogP contribution < -0.4 is 5.32 Å². The van der Waals surface area contributed by atoms with Gasteiger partial charge in [-0.15, -0.1) is 0 Å². The molecule has 0 radical (unpaired) electrons. The lowest BCUT2D eigenvalue weighted by molar-refractivity contribution is 0.233. The smallest absolute Gasteiger partial charge is 0.0991 e. The summed E-state index contributed by atoms with van der Waals surface area (Å²) in [6.45, 7) is 7.72. The van der Waals surface area contributed by atoms with E-state index in [2.05, 4.69) is 32.2 Å². The Kier molecular flexibility index (Phi) is 6.01. The van der Waals surface area contributed by atoms with E-state index >= 15 is 0 Å². The average molecular weight is 260 g/mol. The molecule has 0 bridgehead atoms. The molecule has 0 aliphatic carbocycles. The Morgan fingerprint density at radius 1 is 1.32 bits per heavy atom. The third-order valence-corrected chi connectivity index (χ3v) is 3.44. The summed E-state index contributed by atoms with van der Waals surface area (Å²) in [5.41, 5.74) is 2.07. The SMILES string of the molecule is CC(NCC(C)(C)CCCO)c1ccc(C#N)cc1. The zero-order chi connectivity index (χ0) is 14.3. The van der Waals surface area contributed by atoms with E-state index in [0.29, 0.717) is 5.56 Å². The third-order valence-electron chi connectivity index (χ3n) is 3.44. The lowest BCUT2D eigenvalue weighted by atomic mass is 9.87. The molecule has 1 rings (SSSR count). The Balaban J connectivity index is 2.50. The van der Waals surface area contributed by atoms with Gasteiger partial charge in [0.1, 0.15) is 0 Å². The van der Waals surface area contributed by atoms with Crippen LogP contribution in [0.2, 0.25) is 0 Å². The molecule has 0 spiro atoms. The lowest BCUT2D eigenvalue weighted by Crippen LogP contribution is -2.31. The number of aliphatic hydroxyl groups is 1. The predicted molar refractivity (Wildman–Crippen MR) is 77.7 cm³/mol. The van der Waals surface area contributed by atoms with Gasteiger partial charge in [-0.3, -0.25) is 0 Å². The van der Waals surface area contributed by atoms with Gasteiger partial charge in [0, 0.05) is 19.2 Å². The van der Waals surface area contributed by atoms with Gasteiger partial charge in [-0.1, -0.05) is 26.0 Å². The van der Waals surface area contributed by atoms with Crippen molar-refractivity contribution in [3.63, 3.8) is 0 Å². The molecule has 3 nitrogen and oxygen atoms in total. The summed E-state index contributed by atoms with van der Waals surface area (Å²) in [5, 5.41) is 21.2. The van der Waals surface area contributed by atoms with Crippen molar-refractivity contribution in [3.05, 3.63) is 35.4 Å². The molecule has 0 saturated carbocycles. The van der Waals surface area contributed by atoms with Crippen molar-refractivity contribution >= 4 is 0 Å². The number of rotatable bonds is 7. The highest BCUT2D eigenvalue weighted by molar-refractivity contribution is 5.32. The van der Waals surface area contributed by atoms with Crippen LogP contribution in [0.15, 0.2) is 24.3 Å². The quantitative estimate of drug-likeness (QED) is 0.792. The molecule has 0 heterocycles. The second-order valence-electron chi connectivity index (χ2n) is 5.83. The molecule has 3 heteroatoms. The van der Waals surface area contributed by atoms with Crippen molar-refractivity contribution in [3.8, 4) is 6.07 Å². The van der Waals surface area contributed by atoms with Gasteiger partial charge in [0.25, 0.3) is 0 Å². The maximum absolute atomic E-state index is 8.89. The van der Waals surface area contributed by atoms with Gasteiger partial charge in [0.15, 0.2) is 0 Å². The van der Waals surface area contributed by atoms with Crippen molar-refractivity contribution in [1.29, 1.82) is 5.26 Å². The summed E-state index contributed by atoms with van der Waals surface area (Å²) in [5.74, 6) is 0. The van der Waals surface area contributed by atoms with Crippen molar-refractivity contribution in [2.75, 3.05) is 13.2 Å². The Hall–Kier alpha value is -1.37. The van der Waals surface area contributed by atoms with Gasteiger partial charge >= 0.3 is 0 Å². The molecule has 1 atom stereocenters. The maximum atomic E-state index is 8.89. The van der Waals surface area contributed by atoms with E-state index in [9.17, 15) is 0 Å². The minimum atomic E-state index is 0.184. The first kappa shape index (κ1) is 15.7. The Morgan fingerprint density at radius 3 is 2.47 bits per heavy atom. The molecule has 2 N–H and O–H groups in total. The van der Waals surface area contributed by atoms with Crippen LogP contribution in [0, 0.1) is 16.7 Å². The number of hydrogen-bond acceptors (Lipinski definition) is 3. The number of nitrogens with one attached hydrogen (secondary N) is 1. The normalized spacial score (nSPS) is 13.0. The molecular weight excluding hydrogens is 236 g/mol. The van der Waals surface area contributed by atoms with Crippen LogP contribution in [0.4, 0.5) is 0 Å². The van der Waals surface area contributed by atoms with Gasteiger partial charge in [-0.25, -0.2) is 0 Å². The summed E-state index contributed by atoms with van der Waals surface area (Å²) in [6, 6.07) is 10.1. The van der Waals surface area contributed by atoms with E-state index in [1.165, 1.54) is 5.56 Å². The first-order valence-electron chi connectivity index (χ1n) is 6.83. The topological polar surface area (TPSA) is 56.0 Å². The van der Waals surface area contributed by atoms with Crippen LogP contribution in [0.1, 0.15) is 50.8 Å². The summed E-state index contributed by atoms with van der Waals surface area (Å²) in [6.07, 6.45) is 1.86. The van der Waals surface area contributed by atoms with E-state index in [-0.39, 0.29) is 18.1 Å². The molecule has 0 amide bonds. The van der Waals surface area contributed by atoms with E-state index < -0.39 is 0 Å². The Labute approximate surface area is 116 Å². The maximum Gasteiger partial charge on any atom is 0.0991 e. The molecule has 104 valence electrons. The van der Waals surface area contributed by atoms with Crippen LogP contribution in [0.5, 0.6) is 0 Å². The van der Waals surface area contributed by atoms with Crippen molar-refractivity contribution < 1.29 is 5.11 Å². The van der Waals surface area contributed by atoms with Gasteiger partial charge in [0.2, 0.25) is 0 Å². The fraction of sp³-hybridized carbons (Fsp3) is 0.562. The average Bonchev–Trinajstić information content (AvgIpc) is 2.43. The van der Waals surface area contributed by atoms with Crippen LogP contribution in [-0.4, -0.2) is 18.3 Å². The van der Waals surface area contributed by atoms with E-state index in [0.717, 1.165) is 19.4 Å². The molecule has 0 aromatic heterocycles. The molecule has 19 heavy (non-hydrogen) atoms. The van der Waals surface area contributed by atoms with Crippen molar-refractivity contribution in [2.24, 2.45) is 5.41 Å². The zero-order valence-electron chi connectivity index (χ0n) is 12.1. The Morgan fingerprint density at radius 2 is 1.95 bits per heavy atom. The monoisotopic (exact) mass is 260 g/mol. The van der Waals surface area contributed by atoms with E-state index in [1.54, 1.807) is 0 Å². The molecule has 1 unspecified atom stereocenters. The first-order chi connectivity index (χ1) is 8.98. The molecule has 0 aliphatic heterocycles. The summed E-state index contributed by atoms with van der Waals surface area (Å²) in [7, 11) is 0. The second kappa shape index (κ2) is 7.28. The zero-order valence-corrected chi connectivity index (χ0v) is 12.1. The predicted octanol–water partition coefficient (Wildman–Crippen LogP) is 3.01. The van der Waals surface area contributed by atoms with Crippen LogP contribution >= 0.6 is 0 Å². The molecule has 0 saturated heterocycles. The number of benzene rings is 1. The standard InChI is InChI=1S/C16H24N2O/c1-13(15-7-5-14(11-17)6-8-15)18-12-16(2,3)9-4-10-19/h5-8,13,18-19H,4,9-10,12H2,1-3H3. The summed E-state index contributed by atoms with van der Waals surface area (Å²) < 4.78 is 0. The number of nitriles is 1. The highest BCUT2D eigenvalue weighted by Crippen LogP contribution is 2.22. The van der Waals surface area contributed by atoms with E-state index in [1.807, 2.05) is 24.3 Å². The number of hydrogen-bond donors (Lipinski definition) is 2. The van der Waals surface area contributed by atoms with Gasteiger partial charge in [-0.05, 0) is 42.9 Å². The Bertz CT molecular complexity index is 417. The highest BCUT2D eigenvalue weighted by atomic mass is 16.2. The van der Waals surface area contributed by atoms with Crippen LogP contribution in [-0.2, 0) is 0 Å². The van der Waals surface area contributed by atoms with Crippen molar-refractivity contribution in [2.45, 2.75) is 39.7 Å². The molecule has 0 aliphatic rings. The van der Waals surface area contributed by atoms with Gasteiger partial charge in [-0.2, -0.15) is 5.26 Å². The molecule has 1 aromatic carbocycles. The fourth-order valence-corrected chi connectivity index (χ4v) is 2.04. The summed E-state index contributed by atoms with van der Waals surface area (Å²) >= 11 is 0. The second-order valence-corrected chi connectivity index (χ2v) is 5.83. The van der Waals surface area contributed by atoms with Gasteiger partial charge in [0.05, 0.1) is 11.6 Å². The van der Waals surface area contributed by atoms with Crippen molar-refractivity contribution in [1.82, 2.24) is 5.32 Å². The number of nitrogens with zero attached hydrogens (tertiary/aromatic N) is 1. The number of aliphatic hydroxyl groups excluding tert-OH is 1. The molecule has 1 aromatic rings. The van der Waals surface area contributed by atoms with Crippen LogP contribution in [0.3, 0.4) is 0 Å². The minimum Gasteiger partial charge on any atom is -0.396 e. The fourth-order valence-electron chi connectivity index (χ4n) is 2.04. The van der Waals surface area contributed by atoms with Crippen LogP contribution in [0.25, 0.3) is 0 Å². The van der Waals surface area contributed by atoms with E-state index in [4.69, 9.17) is 10.4 Å². The minimum absolute atomic E-state index is 0.184. The first-order valence-corrected chi connectivity index (χ1v) is 6.83. The summed E-state index contributed by atoms with van der Waals surface area (Å²) in [4.78, 5) is 0. The lowest BCUT2D eigenvalue weighted by Gasteiger charge is -2.27. The third kappa shape index (κ3) is 5.42.